The van der Waals surface area contributed by atoms with Crippen molar-refractivity contribution in [3.63, 3.8) is 0 Å². The van der Waals surface area contributed by atoms with Crippen LogP contribution in [-0.2, 0) is 0 Å². The molecule has 1 amide bonds. The van der Waals surface area contributed by atoms with E-state index in [1.54, 1.807) is 50.6 Å². The summed E-state index contributed by atoms with van der Waals surface area (Å²) < 4.78 is 16.1. The van der Waals surface area contributed by atoms with Crippen LogP contribution in [0.15, 0.2) is 36.4 Å². The molecule has 2 aromatic rings. The van der Waals surface area contributed by atoms with Crippen LogP contribution in [0, 0.1) is 0 Å². The Kier molecular flexibility index (Phi) is 6.79. The van der Waals surface area contributed by atoms with Crippen LogP contribution in [-0.4, -0.2) is 32.8 Å². The zero-order chi connectivity index (χ0) is 18.4. The van der Waals surface area contributed by atoms with E-state index < -0.39 is 0 Å². The normalized spacial score (nSPS) is 11.6. The molecule has 0 fully saturated rings. The Labute approximate surface area is 156 Å². The van der Waals surface area contributed by atoms with E-state index in [9.17, 15) is 4.79 Å². The number of nitrogens with one attached hydrogen (secondary N) is 1. The monoisotopic (exact) mass is 383 g/mol. The predicted octanol–water partition coefficient (Wildman–Crippen LogP) is 4.21. The van der Waals surface area contributed by atoms with Crippen molar-refractivity contribution >= 4 is 29.1 Å². The van der Waals surface area contributed by atoms with Gasteiger partial charge in [-0.1, -0.05) is 29.3 Å². The highest BCUT2D eigenvalue weighted by Gasteiger charge is 2.17. The largest absolute Gasteiger partial charge is 0.493 e. The number of halogens is 2. The zero-order valence-corrected chi connectivity index (χ0v) is 15.6. The van der Waals surface area contributed by atoms with Crippen molar-refractivity contribution in [3.05, 3.63) is 52.0 Å². The number of carbonyl (C=O) groups is 1. The second-order valence-corrected chi connectivity index (χ2v) is 6.11. The summed E-state index contributed by atoms with van der Waals surface area (Å²) in [4.78, 5) is 12.3. The Balaban J connectivity index is 1.97. The minimum absolute atomic E-state index is 0.254. The standard InChI is InChI=1S/C18H19Cl2NO4/c1-11(21-18(22)17-13(19)5-4-6-14(17)20)10-25-12-7-8-15(23-2)16(9-12)24-3/h4-9,11H,10H2,1-3H3,(H,21,22). The number of carbonyl (C=O) groups excluding carboxylic acids is 1. The summed E-state index contributed by atoms with van der Waals surface area (Å²) >= 11 is 12.1. The third kappa shape index (κ3) is 4.94. The van der Waals surface area contributed by atoms with E-state index in [0.717, 1.165) is 0 Å². The Hall–Kier alpha value is -2.11. The van der Waals surface area contributed by atoms with Gasteiger partial charge >= 0.3 is 0 Å². The van der Waals surface area contributed by atoms with Crippen molar-refractivity contribution in [2.45, 2.75) is 13.0 Å². The van der Waals surface area contributed by atoms with Gasteiger partial charge in [-0.2, -0.15) is 0 Å². The average Bonchev–Trinajstić information content (AvgIpc) is 2.59. The minimum Gasteiger partial charge on any atom is -0.493 e. The lowest BCUT2D eigenvalue weighted by atomic mass is 10.2. The highest BCUT2D eigenvalue weighted by Crippen LogP contribution is 2.31. The van der Waals surface area contributed by atoms with E-state index in [4.69, 9.17) is 37.4 Å². The van der Waals surface area contributed by atoms with E-state index in [1.165, 1.54) is 0 Å². The molecule has 25 heavy (non-hydrogen) atoms. The van der Waals surface area contributed by atoms with Gasteiger partial charge in [0.05, 0.1) is 35.9 Å². The van der Waals surface area contributed by atoms with Crippen molar-refractivity contribution in [1.82, 2.24) is 5.32 Å². The highest BCUT2D eigenvalue weighted by molar-refractivity contribution is 6.39. The number of rotatable bonds is 7. The maximum absolute atomic E-state index is 12.3. The summed E-state index contributed by atoms with van der Waals surface area (Å²) in [6, 6.07) is 9.90. The lowest BCUT2D eigenvalue weighted by Gasteiger charge is -2.17. The fourth-order valence-corrected chi connectivity index (χ4v) is 2.75. The Bertz CT molecular complexity index is 732. The van der Waals surface area contributed by atoms with Gasteiger partial charge in [-0.3, -0.25) is 4.79 Å². The molecule has 1 atom stereocenters. The maximum Gasteiger partial charge on any atom is 0.254 e. The van der Waals surface area contributed by atoms with Crippen LogP contribution >= 0.6 is 23.2 Å². The molecule has 0 saturated heterocycles. The van der Waals surface area contributed by atoms with Gasteiger partial charge in [-0.05, 0) is 31.2 Å². The first-order valence-corrected chi connectivity index (χ1v) is 8.31. The van der Waals surface area contributed by atoms with Gasteiger partial charge in [0.1, 0.15) is 12.4 Å². The number of benzene rings is 2. The number of hydrogen-bond acceptors (Lipinski definition) is 4. The second kappa shape index (κ2) is 8.83. The summed E-state index contributed by atoms with van der Waals surface area (Å²) in [6.07, 6.45) is 0. The third-order valence-corrected chi connectivity index (χ3v) is 4.05. The van der Waals surface area contributed by atoms with Crippen molar-refractivity contribution in [2.75, 3.05) is 20.8 Å². The molecule has 2 rings (SSSR count). The van der Waals surface area contributed by atoms with Gasteiger partial charge in [0, 0.05) is 6.07 Å². The summed E-state index contributed by atoms with van der Waals surface area (Å²) in [5.41, 5.74) is 0.254. The topological polar surface area (TPSA) is 56.8 Å². The van der Waals surface area contributed by atoms with Crippen LogP contribution in [0.2, 0.25) is 10.0 Å². The van der Waals surface area contributed by atoms with Crippen molar-refractivity contribution in [2.24, 2.45) is 0 Å². The van der Waals surface area contributed by atoms with Gasteiger partial charge in [-0.15, -0.1) is 0 Å². The van der Waals surface area contributed by atoms with Crippen LogP contribution in [0.5, 0.6) is 17.2 Å². The molecule has 0 aromatic heterocycles. The Morgan fingerprint density at radius 2 is 1.72 bits per heavy atom. The van der Waals surface area contributed by atoms with Crippen molar-refractivity contribution in [1.29, 1.82) is 0 Å². The minimum atomic E-state index is -0.348. The molecule has 0 radical (unpaired) electrons. The molecule has 0 aliphatic heterocycles. The average molecular weight is 384 g/mol. The van der Waals surface area contributed by atoms with Crippen LogP contribution < -0.4 is 19.5 Å². The molecule has 1 unspecified atom stereocenters. The van der Waals surface area contributed by atoms with E-state index >= 15 is 0 Å². The maximum atomic E-state index is 12.3. The van der Waals surface area contributed by atoms with Gasteiger partial charge < -0.3 is 19.5 Å². The molecule has 1 N–H and O–H groups in total. The molecule has 0 saturated carbocycles. The van der Waals surface area contributed by atoms with E-state index in [0.29, 0.717) is 27.3 Å². The highest BCUT2D eigenvalue weighted by atomic mass is 35.5. The van der Waals surface area contributed by atoms with Crippen molar-refractivity contribution in [3.8, 4) is 17.2 Å². The predicted molar refractivity (Wildman–Crippen MR) is 98.4 cm³/mol. The summed E-state index contributed by atoms with van der Waals surface area (Å²) in [7, 11) is 3.12. The molecule has 0 heterocycles. The summed E-state index contributed by atoms with van der Waals surface area (Å²) in [6.45, 7) is 2.09. The molecular weight excluding hydrogens is 365 g/mol. The summed E-state index contributed by atoms with van der Waals surface area (Å²) in [5, 5.41) is 3.42. The first-order chi connectivity index (χ1) is 12.0. The third-order valence-electron chi connectivity index (χ3n) is 3.42. The number of ether oxygens (including phenoxy) is 3. The van der Waals surface area contributed by atoms with E-state index in [2.05, 4.69) is 5.32 Å². The molecule has 0 bridgehead atoms. The van der Waals surface area contributed by atoms with E-state index in [1.807, 2.05) is 6.92 Å². The molecule has 0 aliphatic carbocycles. The molecule has 2 aromatic carbocycles. The van der Waals surface area contributed by atoms with Crippen LogP contribution in [0.4, 0.5) is 0 Å². The quantitative estimate of drug-likeness (QED) is 0.777. The van der Waals surface area contributed by atoms with E-state index in [-0.39, 0.29) is 24.1 Å². The van der Waals surface area contributed by atoms with Crippen molar-refractivity contribution < 1.29 is 19.0 Å². The number of amides is 1. The first-order valence-electron chi connectivity index (χ1n) is 7.56. The lowest BCUT2D eigenvalue weighted by Crippen LogP contribution is -2.37. The smallest absolute Gasteiger partial charge is 0.254 e. The van der Waals surface area contributed by atoms with Gasteiger partial charge in [0.2, 0.25) is 0 Å². The molecule has 134 valence electrons. The van der Waals surface area contributed by atoms with Crippen LogP contribution in [0.25, 0.3) is 0 Å². The number of methoxy groups -OCH3 is 2. The van der Waals surface area contributed by atoms with Gasteiger partial charge in [-0.25, -0.2) is 0 Å². The van der Waals surface area contributed by atoms with Crippen LogP contribution in [0.1, 0.15) is 17.3 Å². The summed E-state index contributed by atoms with van der Waals surface area (Å²) in [5.74, 6) is 1.44. The molecule has 5 nitrogen and oxygen atoms in total. The lowest BCUT2D eigenvalue weighted by molar-refractivity contribution is 0.0927. The first kappa shape index (κ1) is 19.2. The Morgan fingerprint density at radius 1 is 1.08 bits per heavy atom. The second-order valence-electron chi connectivity index (χ2n) is 5.30. The zero-order valence-electron chi connectivity index (χ0n) is 14.1. The molecular formula is C18H19Cl2NO4. The molecule has 0 aliphatic rings. The SMILES string of the molecule is COc1ccc(OCC(C)NC(=O)c2c(Cl)cccc2Cl)cc1OC. The number of hydrogen-bond donors (Lipinski definition) is 1. The van der Waals surface area contributed by atoms with Gasteiger partial charge in [0.25, 0.3) is 5.91 Å². The molecule has 0 spiro atoms. The van der Waals surface area contributed by atoms with Gasteiger partial charge in [0.15, 0.2) is 11.5 Å². The fraction of sp³-hybridized carbons (Fsp3) is 0.278. The fourth-order valence-electron chi connectivity index (χ4n) is 2.18. The molecule has 7 heteroatoms. The van der Waals surface area contributed by atoms with Crippen LogP contribution in [0.3, 0.4) is 0 Å². The Morgan fingerprint density at radius 3 is 2.32 bits per heavy atom.